The highest BCUT2D eigenvalue weighted by molar-refractivity contribution is 5.82. The standard InChI is InChI=1S/C24H32N2O4/c1-25(2)22(28)4-3-9-24-10-11-26(15-16-5-6-16)21(20(24)14-23(29)30)12-17-7-8-18(27)13-19(17)24/h7-8,13-14,16,21,27H,3-6,9-12,15H2,1-2H3,(H,29,30)/t21-,24+/m1/s1. The van der Waals surface area contributed by atoms with Gasteiger partial charge in [-0.25, -0.2) is 4.79 Å². The molecule has 1 saturated heterocycles. The fraction of sp³-hybridized carbons (Fsp3) is 0.583. The Labute approximate surface area is 178 Å². The second-order valence-corrected chi connectivity index (χ2v) is 9.41. The van der Waals surface area contributed by atoms with Gasteiger partial charge in [-0.15, -0.1) is 0 Å². The number of carbonyl (C=O) groups excluding carboxylic acids is 1. The number of hydrogen-bond acceptors (Lipinski definition) is 4. The summed E-state index contributed by atoms with van der Waals surface area (Å²) in [7, 11) is 3.52. The Kier molecular flexibility index (Phi) is 5.62. The fourth-order valence-corrected chi connectivity index (χ4v) is 5.46. The molecule has 4 rings (SSSR count). The highest BCUT2D eigenvalue weighted by atomic mass is 16.4. The van der Waals surface area contributed by atoms with Crippen LogP contribution in [0.2, 0.25) is 0 Å². The van der Waals surface area contributed by atoms with Crippen LogP contribution in [0.15, 0.2) is 29.8 Å². The topological polar surface area (TPSA) is 81.1 Å². The van der Waals surface area contributed by atoms with Crippen LogP contribution < -0.4 is 0 Å². The van der Waals surface area contributed by atoms with E-state index in [1.165, 1.54) is 24.5 Å². The van der Waals surface area contributed by atoms with E-state index in [9.17, 15) is 19.8 Å². The smallest absolute Gasteiger partial charge is 0.328 e. The molecule has 0 unspecified atom stereocenters. The molecular weight excluding hydrogens is 380 g/mol. The van der Waals surface area contributed by atoms with Crippen molar-refractivity contribution in [2.75, 3.05) is 27.2 Å². The lowest BCUT2D eigenvalue weighted by atomic mass is 9.58. The van der Waals surface area contributed by atoms with Gasteiger partial charge >= 0.3 is 5.97 Å². The summed E-state index contributed by atoms with van der Waals surface area (Å²) in [4.78, 5) is 28.1. The molecule has 162 valence electrons. The number of rotatable bonds is 7. The molecule has 2 fully saturated rings. The number of aromatic hydroxyl groups is 1. The van der Waals surface area contributed by atoms with Crippen LogP contribution in [0, 0.1) is 5.92 Å². The van der Waals surface area contributed by atoms with Crippen LogP contribution in [0.1, 0.15) is 49.7 Å². The molecule has 2 N–H and O–H groups in total. The average molecular weight is 413 g/mol. The van der Waals surface area contributed by atoms with E-state index >= 15 is 0 Å². The zero-order valence-electron chi connectivity index (χ0n) is 17.9. The summed E-state index contributed by atoms with van der Waals surface area (Å²) in [6.07, 6.45) is 7.41. The number of phenolic OH excluding ortho intramolecular Hbond substituents is 1. The molecule has 1 heterocycles. The van der Waals surface area contributed by atoms with Gasteiger partial charge in [-0.3, -0.25) is 9.69 Å². The van der Waals surface area contributed by atoms with E-state index in [1.54, 1.807) is 25.1 Å². The second kappa shape index (κ2) is 8.06. The minimum absolute atomic E-state index is 0.0806. The molecule has 2 aliphatic carbocycles. The number of fused-ring (bicyclic) bond motifs is 4. The highest BCUT2D eigenvalue weighted by Crippen LogP contribution is 2.52. The molecule has 6 heteroatoms. The maximum atomic E-state index is 12.2. The number of amides is 1. The summed E-state index contributed by atoms with van der Waals surface area (Å²) < 4.78 is 0. The van der Waals surface area contributed by atoms with Crippen LogP contribution in [0.4, 0.5) is 0 Å². The van der Waals surface area contributed by atoms with Crippen LogP contribution in [0.5, 0.6) is 5.75 Å². The number of carboxylic acid groups (broad SMARTS) is 1. The van der Waals surface area contributed by atoms with Gasteiger partial charge in [0.05, 0.1) is 0 Å². The maximum Gasteiger partial charge on any atom is 0.328 e. The minimum atomic E-state index is -0.916. The molecule has 6 nitrogen and oxygen atoms in total. The van der Waals surface area contributed by atoms with Gasteiger partial charge in [-0.1, -0.05) is 6.07 Å². The number of carbonyl (C=O) groups is 2. The monoisotopic (exact) mass is 412 g/mol. The van der Waals surface area contributed by atoms with E-state index in [2.05, 4.69) is 4.90 Å². The van der Waals surface area contributed by atoms with Crippen molar-refractivity contribution < 1.29 is 19.8 Å². The molecule has 1 aliphatic heterocycles. The molecule has 0 spiro atoms. The third kappa shape index (κ3) is 3.97. The van der Waals surface area contributed by atoms with E-state index in [0.717, 1.165) is 49.4 Å². The first-order chi connectivity index (χ1) is 14.3. The van der Waals surface area contributed by atoms with Gasteiger partial charge in [-0.2, -0.15) is 0 Å². The summed E-state index contributed by atoms with van der Waals surface area (Å²) in [5, 5.41) is 19.9. The molecule has 0 radical (unpaired) electrons. The minimum Gasteiger partial charge on any atom is -0.508 e. The molecule has 2 atom stereocenters. The van der Waals surface area contributed by atoms with Crippen molar-refractivity contribution in [3.8, 4) is 5.75 Å². The van der Waals surface area contributed by atoms with E-state index < -0.39 is 11.4 Å². The second-order valence-electron chi connectivity index (χ2n) is 9.41. The van der Waals surface area contributed by atoms with Crippen LogP contribution in [0.3, 0.4) is 0 Å². The molecular formula is C24H32N2O4. The molecule has 30 heavy (non-hydrogen) atoms. The third-order valence-electron chi connectivity index (χ3n) is 7.16. The maximum absolute atomic E-state index is 12.2. The van der Waals surface area contributed by atoms with Crippen molar-refractivity contribution in [1.29, 1.82) is 0 Å². The first-order valence-corrected chi connectivity index (χ1v) is 11.0. The number of aliphatic carboxylic acids is 1. The van der Waals surface area contributed by atoms with E-state index in [4.69, 9.17) is 0 Å². The van der Waals surface area contributed by atoms with Crippen molar-refractivity contribution in [2.24, 2.45) is 5.92 Å². The fourth-order valence-electron chi connectivity index (χ4n) is 5.46. The Morgan fingerprint density at radius 1 is 1.30 bits per heavy atom. The normalized spacial score (nSPS) is 27.0. The Balaban J connectivity index is 1.73. The quantitative estimate of drug-likeness (QED) is 0.673. The molecule has 1 aromatic rings. The van der Waals surface area contributed by atoms with Crippen LogP contribution >= 0.6 is 0 Å². The number of benzene rings is 1. The molecule has 3 aliphatic rings. The van der Waals surface area contributed by atoms with Crippen molar-refractivity contribution in [3.63, 3.8) is 0 Å². The zero-order valence-corrected chi connectivity index (χ0v) is 17.9. The number of nitrogens with zero attached hydrogens (tertiary/aromatic N) is 2. The number of likely N-dealkylation sites (tertiary alicyclic amines) is 1. The average Bonchev–Trinajstić information content (AvgIpc) is 3.49. The molecule has 1 aromatic carbocycles. The highest BCUT2D eigenvalue weighted by Gasteiger charge is 2.50. The molecule has 2 bridgehead atoms. The van der Waals surface area contributed by atoms with Crippen molar-refractivity contribution >= 4 is 11.9 Å². The Morgan fingerprint density at radius 3 is 2.73 bits per heavy atom. The molecule has 1 amide bonds. The van der Waals surface area contributed by atoms with Gasteiger partial charge in [0.1, 0.15) is 5.75 Å². The Morgan fingerprint density at radius 2 is 2.07 bits per heavy atom. The first kappa shape index (κ1) is 20.9. The lowest BCUT2D eigenvalue weighted by molar-refractivity contribution is -0.132. The molecule has 0 aromatic heterocycles. The predicted octanol–water partition coefficient (Wildman–Crippen LogP) is 2.94. The molecule has 1 saturated carbocycles. The predicted molar refractivity (Wildman–Crippen MR) is 114 cm³/mol. The van der Waals surface area contributed by atoms with Crippen LogP contribution in [-0.4, -0.2) is 65.1 Å². The summed E-state index contributed by atoms with van der Waals surface area (Å²) in [6, 6.07) is 5.63. The van der Waals surface area contributed by atoms with Crippen molar-refractivity contribution in [1.82, 2.24) is 9.80 Å². The van der Waals surface area contributed by atoms with Crippen molar-refractivity contribution in [2.45, 2.75) is 56.4 Å². The number of hydrogen-bond donors (Lipinski definition) is 2. The SMILES string of the molecule is CN(C)C(=O)CCC[C@]12CCN(CC3CC3)[C@H](Cc3ccc(O)cc31)C2=CC(=O)O. The lowest BCUT2D eigenvalue weighted by Gasteiger charge is -2.53. The van der Waals surface area contributed by atoms with Gasteiger partial charge < -0.3 is 15.1 Å². The number of carboxylic acids is 1. The van der Waals surface area contributed by atoms with Gasteiger partial charge in [0.25, 0.3) is 0 Å². The van der Waals surface area contributed by atoms with E-state index in [-0.39, 0.29) is 17.7 Å². The largest absolute Gasteiger partial charge is 0.508 e. The van der Waals surface area contributed by atoms with Gasteiger partial charge in [0.15, 0.2) is 0 Å². The number of phenols is 1. The summed E-state index contributed by atoms with van der Waals surface area (Å²) in [5.74, 6) is 0.124. The Bertz CT molecular complexity index is 874. The third-order valence-corrected chi connectivity index (χ3v) is 7.16. The van der Waals surface area contributed by atoms with Crippen molar-refractivity contribution in [3.05, 3.63) is 41.0 Å². The summed E-state index contributed by atoms with van der Waals surface area (Å²) in [5.41, 5.74) is 2.77. The summed E-state index contributed by atoms with van der Waals surface area (Å²) >= 11 is 0. The number of piperidine rings is 1. The first-order valence-electron chi connectivity index (χ1n) is 11.0. The summed E-state index contributed by atoms with van der Waals surface area (Å²) in [6.45, 7) is 1.96. The van der Waals surface area contributed by atoms with Crippen LogP contribution in [-0.2, 0) is 21.4 Å². The van der Waals surface area contributed by atoms with Crippen LogP contribution in [0.25, 0.3) is 0 Å². The lowest BCUT2D eigenvalue weighted by Crippen LogP contribution is -2.55. The van der Waals surface area contributed by atoms with E-state index in [0.29, 0.717) is 12.8 Å². The zero-order chi connectivity index (χ0) is 21.5. The van der Waals surface area contributed by atoms with Gasteiger partial charge in [-0.05, 0) is 79.8 Å². The van der Waals surface area contributed by atoms with Gasteiger partial charge in [0.2, 0.25) is 5.91 Å². The van der Waals surface area contributed by atoms with Gasteiger partial charge in [0, 0.05) is 44.6 Å². The Hall–Kier alpha value is -2.34. The van der Waals surface area contributed by atoms with E-state index in [1.807, 2.05) is 12.1 Å².